The summed E-state index contributed by atoms with van der Waals surface area (Å²) < 4.78 is 12.7. The van der Waals surface area contributed by atoms with E-state index in [0.717, 1.165) is 29.9 Å². The van der Waals surface area contributed by atoms with Gasteiger partial charge < -0.3 is 24.4 Å². The molecule has 3 aromatic rings. The summed E-state index contributed by atoms with van der Waals surface area (Å²) in [5, 5.41) is 17.5. The van der Waals surface area contributed by atoms with E-state index in [-0.39, 0.29) is 54.8 Å². The van der Waals surface area contributed by atoms with E-state index in [1.807, 2.05) is 60.7 Å². The first-order valence-corrected chi connectivity index (χ1v) is 21.4. The molecule has 4 aliphatic rings. The molecule has 4 heterocycles. The lowest BCUT2D eigenvalue weighted by Gasteiger charge is -2.37. The number of carbonyl (C=O) groups excluding carboxylic acids is 3. The summed E-state index contributed by atoms with van der Waals surface area (Å²) in [4.78, 5) is 46.0. The Morgan fingerprint density at radius 3 is 2.54 bits per heavy atom. The van der Waals surface area contributed by atoms with Crippen LogP contribution in [0.15, 0.2) is 90.6 Å². The van der Waals surface area contributed by atoms with Gasteiger partial charge in [0.05, 0.1) is 57.4 Å². The molecule has 0 radical (unpaired) electrons. The van der Waals surface area contributed by atoms with Crippen molar-refractivity contribution < 1.29 is 29.0 Å². The number of benzene rings is 3. The van der Waals surface area contributed by atoms with Crippen LogP contribution in [0.5, 0.6) is 5.75 Å². The molecule has 4 aliphatic heterocycles. The summed E-state index contributed by atoms with van der Waals surface area (Å²) in [5.74, 6) is 0.0333. The maximum atomic E-state index is 15.0. The van der Waals surface area contributed by atoms with E-state index in [0.29, 0.717) is 36.3 Å². The molecule has 3 amide bonds. The zero-order valence-electron chi connectivity index (χ0n) is 30.5. The fourth-order valence-corrected chi connectivity index (χ4v) is 13.2. The number of hydrogen-bond acceptors (Lipinski definition) is 7. The SMILES string of the molecule is C=CCN1C(=O)[C@]2(O[C@H](CC(=O)N3CCC[C@H]3CO)[C@@H]([Si](C)(C)c3ccc(OC)cc3)[C@@H]2C)c2cc(N3N=C(c4ccccc4)CCC3=O)ccc21. The lowest BCUT2D eigenvalue weighted by molar-refractivity contribution is -0.149. The van der Waals surface area contributed by atoms with Crippen LogP contribution in [-0.2, 0) is 24.7 Å². The zero-order chi connectivity index (χ0) is 36.8. The van der Waals surface area contributed by atoms with Gasteiger partial charge in [-0.1, -0.05) is 73.7 Å². The van der Waals surface area contributed by atoms with Crippen LogP contribution in [0.1, 0.15) is 50.2 Å². The van der Waals surface area contributed by atoms with Crippen molar-refractivity contribution in [3.05, 3.63) is 96.6 Å². The van der Waals surface area contributed by atoms with Crippen molar-refractivity contribution in [3.63, 3.8) is 0 Å². The van der Waals surface area contributed by atoms with Gasteiger partial charge in [-0.3, -0.25) is 14.4 Å². The largest absolute Gasteiger partial charge is 0.497 e. The highest BCUT2D eigenvalue weighted by Crippen LogP contribution is 2.60. The van der Waals surface area contributed by atoms with Crippen LogP contribution < -0.4 is 19.8 Å². The first kappa shape index (κ1) is 35.8. The number of amides is 3. The number of hydrogen-bond donors (Lipinski definition) is 1. The van der Waals surface area contributed by atoms with Crippen molar-refractivity contribution in [1.29, 1.82) is 0 Å². The number of hydrazone groups is 1. The van der Waals surface area contributed by atoms with Crippen molar-refractivity contribution in [2.45, 2.75) is 75.4 Å². The molecular weight excluding hydrogens is 673 g/mol. The van der Waals surface area contributed by atoms with Crippen LogP contribution in [0.2, 0.25) is 18.6 Å². The molecule has 0 bridgehead atoms. The Morgan fingerprint density at radius 1 is 1.10 bits per heavy atom. The predicted molar refractivity (Wildman–Crippen MR) is 205 cm³/mol. The Balaban J connectivity index is 1.34. The highest BCUT2D eigenvalue weighted by atomic mass is 28.3. The third kappa shape index (κ3) is 5.88. The number of methoxy groups -OCH3 is 1. The summed E-state index contributed by atoms with van der Waals surface area (Å²) in [6.07, 6.45) is 3.68. The number of anilines is 2. The van der Waals surface area contributed by atoms with Crippen molar-refractivity contribution >= 4 is 48.1 Å². The molecule has 1 spiro atoms. The topological polar surface area (TPSA) is 112 Å². The van der Waals surface area contributed by atoms with Crippen LogP contribution >= 0.6 is 0 Å². The predicted octanol–water partition coefficient (Wildman–Crippen LogP) is 5.35. The van der Waals surface area contributed by atoms with Gasteiger partial charge in [0.25, 0.3) is 5.91 Å². The molecule has 7 rings (SSSR count). The highest BCUT2D eigenvalue weighted by molar-refractivity contribution is 6.91. The fourth-order valence-electron chi connectivity index (χ4n) is 9.18. The second-order valence-electron chi connectivity index (χ2n) is 15.0. The minimum absolute atomic E-state index is 0.0700. The van der Waals surface area contributed by atoms with E-state index in [1.54, 1.807) is 23.0 Å². The average Bonchev–Trinajstić information content (AvgIpc) is 3.82. The molecule has 11 heteroatoms. The Bertz CT molecular complexity index is 1900. The Labute approximate surface area is 306 Å². The van der Waals surface area contributed by atoms with Crippen molar-refractivity contribution in [2.75, 3.05) is 36.7 Å². The molecule has 0 aliphatic carbocycles. The molecular formula is C41H48N4O6Si. The quantitative estimate of drug-likeness (QED) is 0.224. The molecule has 0 unspecified atom stereocenters. The zero-order valence-corrected chi connectivity index (χ0v) is 31.5. The van der Waals surface area contributed by atoms with Crippen molar-refractivity contribution in [3.8, 4) is 5.75 Å². The van der Waals surface area contributed by atoms with Crippen LogP contribution in [-0.4, -0.2) is 80.5 Å². The smallest absolute Gasteiger partial charge is 0.264 e. The van der Waals surface area contributed by atoms with E-state index in [2.05, 4.69) is 38.7 Å². The van der Waals surface area contributed by atoms with Crippen LogP contribution in [0.4, 0.5) is 11.4 Å². The molecule has 3 aromatic carbocycles. The Hall–Kier alpha value is -4.58. The second-order valence-corrected chi connectivity index (χ2v) is 19.6. The maximum absolute atomic E-state index is 15.0. The van der Waals surface area contributed by atoms with Gasteiger partial charge in [-0.2, -0.15) is 5.10 Å². The van der Waals surface area contributed by atoms with Gasteiger partial charge >= 0.3 is 0 Å². The normalized spacial score (nSPS) is 25.9. The monoisotopic (exact) mass is 720 g/mol. The summed E-state index contributed by atoms with van der Waals surface area (Å²) in [6, 6.07) is 23.4. The summed E-state index contributed by atoms with van der Waals surface area (Å²) in [7, 11) is -0.862. The molecule has 10 nitrogen and oxygen atoms in total. The standard InChI is InChI=1S/C41H48N4O6Si/c1-6-22-44-35-20-14-29(45-37(47)21-19-34(42-45)28-11-8-7-9-12-28)24-33(35)41(40(44)49)27(2)39(52(4,5)32-17-15-31(50-3)16-18-32)36(51-41)25-38(48)43-23-10-13-30(43)26-46/h6-9,11-12,14-18,20,24,27,30,36,39,46H,1,10,13,19,21-23,25-26H2,2-5H3/t27-,30-,36+,39-,41+/m0/s1. The third-order valence-electron chi connectivity index (χ3n) is 11.8. The van der Waals surface area contributed by atoms with E-state index in [1.165, 1.54) is 10.2 Å². The number of rotatable bonds is 10. The molecule has 0 saturated carbocycles. The van der Waals surface area contributed by atoms with Gasteiger partial charge in [0, 0.05) is 37.4 Å². The average molecular weight is 721 g/mol. The summed E-state index contributed by atoms with van der Waals surface area (Å²) in [5.41, 5.74) is 2.15. The molecule has 2 fully saturated rings. The lowest BCUT2D eigenvalue weighted by atomic mass is 9.82. The number of aliphatic hydroxyl groups is 1. The van der Waals surface area contributed by atoms with Gasteiger partial charge in [0.1, 0.15) is 5.75 Å². The fraction of sp³-hybridized carbons (Fsp3) is 0.415. The minimum Gasteiger partial charge on any atom is -0.497 e. The third-order valence-corrected chi connectivity index (χ3v) is 16.2. The highest BCUT2D eigenvalue weighted by Gasteiger charge is 2.66. The number of aliphatic hydroxyl groups excluding tert-OH is 1. The van der Waals surface area contributed by atoms with Gasteiger partial charge in [-0.05, 0) is 54.3 Å². The van der Waals surface area contributed by atoms with E-state index < -0.39 is 19.8 Å². The minimum atomic E-state index is -2.51. The van der Waals surface area contributed by atoms with Crippen LogP contribution in [0, 0.1) is 5.92 Å². The summed E-state index contributed by atoms with van der Waals surface area (Å²) >= 11 is 0. The lowest BCUT2D eigenvalue weighted by Crippen LogP contribution is -2.52. The van der Waals surface area contributed by atoms with E-state index >= 15 is 0 Å². The number of ether oxygens (including phenoxy) is 2. The van der Waals surface area contributed by atoms with Gasteiger partial charge in [-0.15, -0.1) is 6.58 Å². The Morgan fingerprint density at radius 2 is 1.85 bits per heavy atom. The Kier molecular flexibility index (Phi) is 9.71. The van der Waals surface area contributed by atoms with Gasteiger partial charge in [0.15, 0.2) is 5.60 Å². The summed E-state index contributed by atoms with van der Waals surface area (Å²) in [6.45, 7) is 11.4. The van der Waals surface area contributed by atoms with E-state index in [4.69, 9.17) is 14.6 Å². The van der Waals surface area contributed by atoms with E-state index in [9.17, 15) is 19.5 Å². The molecule has 1 N–H and O–H groups in total. The number of likely N-dealkylation sites (tertiary alicyclic amines) is 1. The molecule has 52 heavy (non-hydrogen) atoms. The van der Waals surface area contributed by atoms with Gasteiger partial charge in [-0.25, -0.2) is 5.01 Å². The van der Waals surface area contributed by atoms with Crippen LogP contribution in [0.25, 0.3) is 0 Å². The molecule has 2 saturated heterocycles. The molecule has 5 atom stereocenters. The van der Waals surface area contributed by atoms with Crippen molar-refractivity contribution in [2.24, 2.45) is 11.0 Å². The van der Waals surface area contributed by atoms with Gasteiger partial charge in [0.2, 0.25) is 11.8 Å². The molecule has 0 aromatic heterocycles. The first-order chi connectivity index (χ1) is 25.0. The first-order valence-electron chi connectivity index (χ1n) is 18.3. The maximum Gasteiger partial charge on any atom is 0.264 e. The second kappa shape index (κ2) is 14.1. The number of carbonyl (C=O) groups is 3. The van der Waals surface area contributed by atoms with Crippen LogP contribution in [0.3, 0.4) is 0 Å². The number of fused-ring (bicyclic) bond motifs is 2. The molecule has 272 valence electrons. The van der Waals surface area contributed by atoms with Crippen molar-refractivity contribution in [1.82, 2.24) is 4.90 Å². The number of nitrogens with zero attached hydrogens (tertiary/aromatic N) is 4.